The Balaban J connectivity index is 1.43. The molecule has 0 bridgehead atoms. The Hall–Kier alpha value is -2.94. The molecule has 0 saturated heterocycles. The third-order valence-electron chi connectivity index (χ3n) is 5.24. The normalized spacial score (nSPS) is 15.0. The number of fused-ring (bicyclic) bond motifs is 1. The predicted octanol–water partition coefficient (Wildman–Crippen LogP) is 4.53. The fourth-order valence-electron chi connectivity index (χ4n) is 3.48. The van der Waals surface area contributed by atoms with Gasteiger partial charge in [0.15, 0.2) is 11.5 Å². The third kappa shape index (κ3) is 5.58. The van der Waals surface area contributed by atoms with Crippen molar-refractivity contribution in [3.05, 3.63) is 87.9 Å². The van der Waals surface area contributed by atoms with Crippen LogP contribution < -0.4 is 19.1 Å². The average molecular weight is 521 g/mol. The number of benzene rings is 3. The molecule has 1 unspecified atom stereocenters. The summed E-state index contributed by atoms with van der Waals surface area (Å²) in [6, 6.07) is 18.6. The van der Waals surface area contributed by atoms with Gasteiger partial charge in [-0.15, -0.1) is 0 Å². The average Bonchev–Trinajstić information content (AvgIpc) is 2.81. The standard InChI is InChI=1S/C24H22Cl2N2O5S/c1-34(30,31)28(14-19-20(25)5-4-6-21(19)26)17-11-9-16(10-12-17)24(29)27-13-18-15-32-22-7-2-3-8-23(22)33-18/h2-12,18H,13-15H2,1H3,(H,27,29). The van der Waals surface area contributed by atoms with Crippen LogP contribution in [0.3, 0.4) is 0 Å². The molecule has 0 fully saturated rings. The van der Waals surface area contributed by atoms with E-state index in [-0.39, 0.29) is 25.1 Å². The first-order valence-electron chi connectivity index (χ1n) is 10.4. The molecule has 0 radical (unpaired) electrons. The quantitative estimate of drug-likeness (QED) is 0.494. The Morgan fingerprint density at radius 3 is 2.29 bits per heavy atom. The number of hydrogen-bond acceptors (Lipinski definition) is 5. The van der Waals surface area contributed by atoms with Crippen molar-refractivity contribution in [2.24, 2.45) is 0 Å². The molecular weight excluding hydrogens is 499 g/mol. The topological polar surface area (TPSA) is 84.9 Å². The summed E-state index contributed by atoms with van der Waals surface area (Å²) >= 11 is 12.5. The van der Waals surface area contributed by atoms with Crippen molar-refractivity contribution in [1.82, 2.24) is 5.32 Å². The van der Waals surface area contributed by atoms with Gasteiger partial charge in [-0.1, -0.05) is 41.4 Å². The summed E-state index contributed by atoms with van der Waals surface area (Å²) in [6.07, 6.45) is 0.780. The molecule has 0 aliphatic carbocycles. The van der Waals surface area contributed by atoms with E-state index in [9.17, 15) is 13.2 Å². The lowest BCUT2D eigenvalue weighted by molar-refractivity contribution is 0.0789. The van der Waals surface area contributed by atoms with Gasteiger partial charge in [-0.25, -0.2) is 8.42 Å². The molecule has 178 valence electrons. The van der Waals surface area contributed by atoms with Crippen LogP contribution >= 0.6 is 23.2 Å². The molecule has 3 aromatic rings. The Kier molecular flexibility index (Phi) is 7.21. The lowest BCUT2D eigenvalue weighted by Crippen LogP contribution is -2.40. The van der Waals surface area contributed by atoms with Gasteiger partial charge in [0.2, 0.25) is 10.0 Å². The highest BCUT2D eigenvalue weighted by atomic mass is 35.5. The summed E-state index contributed by atoms with van der Waals surface area (Å²) in [4.78, 5) is 12.6. The van der Waals surface area contributed by atoms with Crippen LogP contribution in [0.15, 0.2) is 66.7 Å². The fraction of sp³-hybridized carbons (Fsp3) is 0.208. The van der Waals surface area contributed by atoms with Crippen LogP contribution in [-0.2, 0) is 16.6 Å². The van der Waals surface area contributed by atoms with Crippen LogP contribution in [0.2, 0.25) is 10.0 Å². The molecule has 7 nitrogen and oxygen atoms in total. The second-order valence-corrected chi connectivity index (χ2v) is 10.4. The highest BCUT2D eigenvalue weighted by Crippen LogP contribution is 2.31. The molecule has 1 N–H and O–H groups in total. The zero-order valence-corrected chi connectivity index (χ0v) is 20.5. The highest BCUT2D eigenvalue weighted by molar-refractivity contribution is 7.92. The number of rotatable bonds is 7. The van der Waals surface area contributed by atoms with Crippen molar-refractivity contribution in [2.75, 3.05) is 23.7 Å². The molecule has 4 rings (SSSR count). The van der Waals surface area contributed by atoms with E-state index in [4.69, 9.17) is 32.7 Å². The number of para-hydroxylation sites is 2. The predicted molar refractivity (Wildman–Crippen MR) is 133 cm³/mol. The van der Waals surface area contributed by atoms with E-state index >= 15 is 0 Å². The first kappa shape index (κ1) is 24.2. The van der Waals surface area contributed by atoms with Crippen LogP contribution in [0.5, 0.6) is 11.5 Å². The monoisotopic (exact) mass is 520 g/mol. The third-order valence-corrected chi connectivity index (χ3v) is 7.09. The zero-order chi connectivity index (χ0) is 24.3. The van der Waals surface area contributed by atoms with Crippen LogP contribution in [-0.4, -0.2) is 39.8 Å². The van der Waals surface area contributed by atoms with Gasteiger partial charge < -0.3 is 14.8 Å². The highest BCUT2D eigenvalue weighted by Gasteiger charge is 2.23. The summed E-state index contributed by atoms with van der Waals surface area (Å²) in [6.45, 7) is 0.545. The van der Waals surface area contributed by atoms with Gasteiger partial charge in [0.1, 0.15) is 12.7 Å². The molecule has 0 spiro atoms. The fourth-order valence-corrected chi connectivity index (χ4v) is 4.86. The molecule has 3 aromatic carbocycles. The van der Waals surface area contributed by atoms with Crippen molar-refractivity contribution in [3.63, 3.8) is 0 Å². The minimum Gasteiger partial charge on any atom is -0.486 e. The zero-order valence-electron chi connectivity index (χ0n) is 18.2. The van der Waals surface area contributed by atoms with E-state index in [0.29, 0.717) is 45.0 Å². The number of carbonyl (C=O) groups excluding carboxylic acids is 1. The number of ether oxygens (including phenoxy) is 2. The van der Waals surface area contributed by atoms with E-state index in [1.807, 2.05) is 24.3 Å². The number of anilines is 1. The number of hydrogen-bond donors (Lipinski definition) is 1. The number of nitrogens with one attached hydrogen (secondary N) is 1. The largest absolute Gasteiger partial charge is 0.486 e. The molecule has 34 heavy (non-hydrogen) atoms. The summed E-state index contributed by atoms with van der Waals surface area (Å²) in [5, 5.41) is 3.56. The molecule has 1 amide bonds. The maximum atomic E-state index is 12.6. The van der Waals surface area contributed by atoms with Gasteiger partial charge >= 0.3 is 0 Å². The molecule has 1 atom stereocenters. The molecule has 1 aliphatic rings. The van der Waals surface area contributed by atoms with E-state index in [1.54, 1.807) is 42.5 Å². The lowest BCUT2D eigenvalue weighted by atomic mass is 10.1. The first-order chi connectivity index (χ1) is 16.2. The first-order valence-corrected chi connectivity index (χ1v) is 13.0. The molecule has 0 saturated carbocycles. The minimum absolute atomic E-state index is 0.0383. The van der Waals surface area contributed by atoms with E-state index < -0.39 is 10.0 Å². The molecule has 1 heterocycles. The number of amides is 1. The number of halogens is 2. The van der Waals surface area contributed by atoms with E-state index in [2.05, 4.69) is 5.32 Å². The Labute approximate surface area is 208 Å². The number of nitrogens with zero attached hydrogens (tertiary/aromatic N) is 1. The smallest absolute Gasteiger partial charge is 0.251 e. The van der Waals surface area contributed by atoms with Crippen LogP contribution in [0.4, 0.5) is 5.69 Å². The SMILES string of the molecule is CS(=O)(=O)N(Cc1c(Cl)cccc1Cl)c1ccc(C(=O)NCC2COc3ccccc3O2)cc1. The van der Waals surface area contributed by atoms with Gasteiger partial charge in [-0.3, -0.25) is 9.10 Å². The Morgan fingerprint density at radius 1 is 1.00 bits per heavy atom. The maximum Gasteiger partial charge on any atom is 0.251 e. The Morgan fingerprint density at radius 2 is 1.65 bits per heavy atom. The molecular formula is C24H22Cl2N2O5S. The second kappa shape index (κ2) is 10.1. The second-order valence-electron chi connectivity index (χ2n) is 7.72. The summed E-state index contributed by atoms with van der Waals surface area (Å²) in [5.41, 5.74) is 1.26. The minimum atomic E-state index is -3.65. The van der Waals surface area contributed by atoms with Crippen molar-refractivity contribution in [2.45, 2.75) is 12.6 Å². The molecule has 10 heteroatoms. The van der Waals surface area contributed by atoms with Gasteiger partial charge in [-0.05, 0) is 48.5 Å². The number of sulfonamides is 1. The number of carbonyl (C=O) groups is 1. The van der Waals surface area contributed by atoms with Crippen molar-refractivity contribution in [1.29, 1.82) is 0 Å². The van der Waals surface area contributed by atoms with Crippen LogP contribution in [0, 0.1) is 0 Å². The van der Waals surface area contributed by atoms with Crippen LogP contribution in [0.1, 0.15) is 15.9 Å². The van der Waals surface area contributed by atoms with Crippen molar-refractivity contribution < 1.29 is 22.7 Å². The Bertz CT molecular complexity index is 1280. The van der Waals surface area contributed by atoms with Crippen LogP contribution in [0.25, 0.3) is 0 Å². The van der Waals surface area contributed by atoms with Gasteiger partial charge in [0, 0.05) is 21.2 Å². The van der Waals surface area contributed by atoms with Crippen molar-refractivity contribution >= 4 is 44.8 Å². The maximum absolute atomic E-state index is 12.6. The summed E-state index contributed by atoms with van der Waals surface area (Å²) < 4.78 is 37.6. The molecule has 0 aromatic heterocycles. The van der Waals surface area contributed by atoms with E-state index in [1.165, 1.54) is 4.31 Å². The van der Waals surface area contributed by atoms with E-state index in [0.717, 1.165) is 6.26 Å². The lowest BCUT2D eigenvalue weighted by Gasteiger charge is -2.26. The van der Waals surface area contributed by atoms with Crippen molar-refractivity contribution in [3.8, 4) is 11.5 Å². The van der Waals surface area contributed by atoms with Gasteiger partial charge in [0.05, 0.1) is 25.0 Å². The van der Waals surface area contributed by atoms with Gasteiger partial charge in [-0.2, -0.15) is 0 Å². The molecule has 1 aliphatic heterocycles. The summed E-state index contributed by atoms with van der Waals surface area (Å²) in [7, 11) is -3.65. The summed E-state index contributed by atoms with van der Waals surface area (Å²) in [5.74, 6) is 1.00. The van der Waals surface area contributed by atoms with Gasteiger partial charge in [0.25, 0.3) is 5.91 Å².